The number of aliphatic hydroxyl groups excluding tert-OH is 1. The summed E-state index contributed by atoms with van der Waals surface area (Å²) >= 11 is 0. The van der Waals surface area contributed by atoms with E-state index in [4.69, 9.17) is 0 Å². The van der Waals surface area contributed by atoms with E-state index in [1.54, 1.807) is 0 Å². The van der Waals surface area contributed by atoms with Crippen LogP contribution in [-0.2, 0) is 14.4 Å². The van der Waals surface area contributed by atoms with Crippen molar-refractivity contribution in [3.05, 3.63) is 0 Å². The number of carbonyl (C=O) groups excluding carboxylic acids is 3. The maximum atomic E-state index is 13.1. The fraction of sp³-hybridized carbons (Fsp3) is 0.889. The molecule has 0 saturated heterocycles. The van der Waals surface area contributed by atoms with Crippen LogP contribution in [0.15, 0.2) is 0 Å². The van der Waals surface area contributed by atoms with E-state index in [2.05, 4.69) is 20.8 Å². The first-order valence-electron chi connectivity index (χ1n) is 13.4. The van der Waals surface area contributed by atoms with Gasteiger partial charge in [0.25, 0.3) is 0 Å². The van der Waals surface area contributed by atoms with Crippen LogP contribution in [0.5, 0.6) is 0 Å². The van der Waals surface area contributed by atoms with Gasteiger partial charge in [-0.2, -0.15) is 0 Å². The molecule has 0 spiro atoms. The van der Waals surface area contributed by atoms with E-state index in [-0.39, 0.29) is 19.3 Å². The first-order chi connectivity index (χ1) is 15.8. The standard InChI is InChI=1S/C27H50O6/c1-4-7-10-13-16-19-23(29)26(32,22-28)27(33,24(30)20-17-14-11-8-5-2)25(31)21-18-15-12-9-6-3/h28,32-33H,4-22H2,1-3H3. The van der Waals surface area contributed by atoms with Gasteiger partial charge in [0.2, 0.25) is 5.60 Å². The molecule has 6 nitrogen and oxygen atoms in total. The summed E-state index contributed by atoms with van der Waals surface area (Å²) in [4.78, 5) is 39.2. The summed E-state index contributed by atoms with van der Waals surface area (Å²) in [6.07, 6.45) is 12.5. The summed E-state index contributed by atoms with van der Waals surface area (Å²) in [7, 11) is 0. The molecule has 0 bridgehead atoms. The van der Waals surface area contributed by atoms with Gasteiger partial charge in [-0.05, 0) is 19.3 Å². The number of unbranched alkanes of at least 4 members (excludes halogenated alkanes) is 12. The smallest absolute Gasteiger partial charge is 0.219 e. The zero-order valence-electron chi connectivity index (χ0n) is 21.5. The molecule has 33 heavy (non-hydrogen) atoms. The van der Waals surface area contributed by atoms with Gasteiger partial charge in [0.1, 0.15) is 0 Å². The monoisotopic (exact) mass is 470 g/mol. The zero-order valence-corrected chi connectivity index (χ0v) is 21.5. The Hall–Kier alpha value is -1.11. The highest BCUT2D eigenvalue weighted by Crippen LogP contribution is 2.32. The molecule has 0 aromatic rings. The molecule has 0 aliphatic heterocycles. The molecule has 0 aromatic carbocycles. The lowest BCUT2D eigenvalue weighted by molar-refractivity contribution is -0.194. The Bertz CT molecular complexity index is 533. The van der Waals surface area contributed by atoms with Crippen LogP contribution in [0.2, 0.25) is 0 Å². The van der Waals surface area contributed by atoms with Crippen molar-refractivity contribution in [2.75, 3.05) is 6.61 Å². The molecule has 3 N–H and O–H groups in total. The maximum absolute atomic E-state index is 13.1. The van der Waals surface area contributed by atoms with Gasteiger partial charge in [-0.1, -0.05) is 97.8 Å². The number of Topliss-reactive ketones (excluding diaryl/α,β-unsaturated/α-hetero) is 3. The molecule has 0 aromatic heterocycles. The minimum absolute atomic E-state index is 0.0867. The molecule has 0 saturated carbocycles. The van der Waals surface area contributed by atoms with E-state index in [1.807, 2.05) is 0 Å². The van der Waals surface area contributed by atoms with Crippen molar-refractivity contribution in [2.45, 2.75) is 148 Å². The second-order valence-electron chi connectivity index (χ2n) is 9.49. The van der Waals surface area contributed by atoms with Gasteiger partial charge in [0.05, 0.1) is 6.61 Å². The predicted octanol–water partition coefficient (Wildman–Crippen LogP) is 5.23. The first-order valence-corrected chi connectivity index (χ1v) is 13.4. The van der Waals surface area contributed by atoms with Crippen LogP contribution in [-0.4, -0.2) is 50.5 Å². The van der Waals surface area contributed by atoms with Gasteiger partial charge in [-0.3, -0.25) is 14.4 Å². The Morgan fingerprint density at radius 3 is 1.12 bits per heavy atom. The third kappa shape index (κ3) is 10.4. The minimum atomic E-state index is -2.89. The highest BCUT2D eigenvalue weighted by Gasteiger charge is 2.62. The van der Waals surface area contributed by atoms with E-state index < -0.39 is 35.2 Å². The summed E-state index contributed by atoms with van der Waals surface area (Å²) in [5.74, 6) is -2.54. The molecule has 0 aliphatic rings. The Labute approximate surface area is 201 Å². The molecule has 0 fully saturated rings. The van der Waals surface area contributed by atoms with Crippen LogP contribution in [0, 0.1) is 0 Å². The van der Waals surface area contributed by atoms with Gasteiger partial charge in [-0.25, -0.2) is 0 Å². The summed E-state index contributed by atoms with van der Waals surface area (Å²) in [6, 6.07) is 0. The largest absolute Gasteiger partial charge is 0.393 e. The quantitative estimate of drug-likeness (QED) is 0.139. The number of carbonyl (C=O) groups is 3. The number of ketones is 3. The summed E-state index contributed by atoms with van der Waals surface area (Å²) in [5, 5.41) is 32.5. The molecule has 0 rings (SSSR count). The van der Waals surface area contributed by atoms with Crippen molar-refractivity contribution in [3.8, 4) is 0 Å². The van der Waals surface area contributed by atoms with Crippen LogP contribution >= 0.6 is 0 Å². The average molecular weight is 471 g/mol. The highest BCUT2D eigenvalue weighted by atomic mass is 16.4. The van der Waals surface area contributed by atoms with Crippen LogP contribution in [0.1, 0.15) is 136 Å². The van der Waals surface area contributed by atoms with Crippen molar-refractivity contribution in [3.63, 3.8) is 0 Å². The number of hydrogen-bond acceptors (Lipinski definition) is 6. The fourth-order valence-corrected chi connectivity index (χ4v) is 4.26. The van der Waals surface area contributed by atoms with Gasteiger partial charge in [-0.15, -0.1) is 0 Å². The van der Waals surface area contributed by atoms with E-state index >= 15 is 0 Å². The van der Waals surface area contributed by atoms with Crippen molar-refractivity contribution in [1.29, 1.82) is 0 Å². The predicted molar refractivity (Wildman–Crippen MR) is 132 cm³/mol. The summed E-state index contributed by atoms with van der Waals surface area (Å²) in [6.45, 7) is 5.09. The first kappa shape index (κ1) is 31.9. The SMILES string of the molecule is CCCCCCCC(=O)C(O)(CO)C(O)(C(=O)CCCCCCC)C(=O)CCCCCCC. The third-order valence-electron chi connectivity index (χ3n) is 6.62. The number of rotatable bonds is 23. The number of hydrogen-bond donors (Lipinski definition) is 3. The molecule has 0 heterocycles. The van der Waals surface area contributed by atoms with E-state index in [0.717, 1.165) is 77.0 Å². The second-order valence-corrected chi connectivity index (χ2v) is 9.49. The van der Waals surface area contributed by atoms with Gasteiger partial charge < -0.3 is 15.3 Å². The lowest BCUT2D eigenvalue weighted by atomic mass is 9.71. The molecule has 6 heteroatoms. The van der Waals surface area contributed by atoms with Crippen LogP contribution in [0.3, 0.4) is 0 Å². The van der Waals surface area contributed by atoms with Crippen molar-refractivity contribution in [2.24, 2.45) is 0 Å². The van der Waals surface area contributed by atoms with Crippen molar-refractivity contribution >= 4 is 17.3 Å². The van der Waals surface area contributed by atoms with E-state index in [1.165, 1.54) is 0 Å². The lowest BCUT2D eigenvalue weighted by Gasteiger charge is -2.39. The third-order valence-corrected chi connectivity index (χ3v) is 6.62. The molecule has 0 aliphatic carbocycles. The Balaban J connectivity index is 5.47. The summed E-state index contributed by atoms with van der Waals surface area (Å²) < 4.78 is 0. The van der Waals surface area contributed by atoms with Gasteiger partial charge >= 0.3 is 0 Å². The van der Waals surface area contributed by atoms with Gasteiger partial charge in [0.15, 0.2) is 23.0 Å². The van der Waals surface area contributed by atoms with Crippen LogP contribution in [0.4, 0.5) is 0 Å². The topological polar surface area (TPSA) is 112 Å². The van der Waals surface area contributed by atoms with E-state index in [0.29, 0.717) is 19.3 Å². The number of aliphatic hydroxyl groups is 3. The molecule has 1 atom stereocenters. The molecule has 0 radical (unpaired) electrons. The average Bonchev–Trinajstić information content (AvgIpc) is 2.81. The van der Waals surface area contributed by atoms with E-state index in [9.17, 15) is 29.7 Å². The van der Waals surface area contributed by atoms with Gasteiger partial charge in [0, 0.05) is 19.3 Å². The van der Waals surface area contributed by atoms with Crippen LogP contribution < -0.4 is 0 Å². The molecular formula is C27H50O6. The Kier molecular flexibility index (Phi) is 17.6. The molecular weight excluding hydrogens is 420 g/mol. The van der Waals surface area contributed by atoms with Crippen molar-refractivity contribution < 1.29 is 29.7 Å². The highest BCUT2D eigenvalue weighted by molar-refractivity contribution is 6.16. The normalized spacial score (nSPS) is 13.6. The second kappa shape index (κ2) is 18.2. The molecule has 194 valence electrons. The fourth-order valence-electron chi connectivity index (χ4n) is 4.26. The lowest BCUT2D eigenvalue weighted by Crippen LogP contribution is -2.69. The van der Waals surface area contributed by atoms with Crippen molar-refractivity contribution in [1.82, 2.24) is 0 Å². The minimum Gasteiger partial charge on any atom is -0.393 e. The maximum Gasteiger partial charge on any atom is 0.219 e. The molecule has 0 amide bonds. The zero-order chi connectivity index (χ0) is 25.2. The Morgan fingerprint density at radius 1 is 0.515 bits per heavy atom. The van der Waals surface area contributed by atoms with Crippen LogP contribution in [0.25, 0.3) is 0 Å². The molecule has 1 unspecified atom stereocenters. The Morgan fingerprint density at radius 2 is 0.818 bits per heavy atom. The summed E-state index contributed by atoms with van der Waals surface area (Å²) in [5.41, 5.74) is -5.68.